The average Bonchev–Trinajstić information content (AvgIpc) is 2.81. The highest BCUT2D eigenvalue weighted by molar-refractivity contribution is 7.99. The summed E-state index contributed by atoms with van der Waals surface area (Å²) >= 11 is 1.47. The molecule has 0 aliphatic heterocycles. The standard InChI is InChI=1S/C23H32N6O3S/c1-5-20(29(6-2)23(32)21(26-4)27-13-19(25)16(3)24)22(31)28-12-18(30)15-33-14-17-10-8-7-9-11-17/h6-11,20,24-25H,2,5,12-15H2,1,3-4H3,(H,26,27)(H,28,31)/t20-/m0/s1. The number of amidine groups is 1. The second-order valence-corrected chi connectivity index (χ2v) is 8.07. The highest BCUT2D eigenvalue weighted by Gasteiger charge is 2.29. The van der Waals surface area contributed by atoms with Gasteiger partial charge in [0.25, 0.3) is 5.91 Å². The molecule has 1 rings (SSSR count). The first-order valence-electron chi connectivity index (χ1n) is 10.4. The van der Waals surface area contributed by atoms with E-state index in [0.29, 0.717) is 12.2 Å². The molecule has 0 aliphatic carbocycles. The van der Waals surface area contributed by atoms with Gasteiger partial charge in [-0.1, -0.05) is 43.8 Å². The van der Waals surface area contributed by atoms with Crippen molar-refractivity contribution in [2.75, 3.05) is 25.9 Å². The lowest BCUT2D eigenvalue weighted by molar-refractivity contribution is -0.134. The van der Waals surface area contributed by atoms with Crippen LogP contribution < -0.4 is 10.6 Å². The van der Waals surface area contributed by atoms with Crippen molar-refractivity contribution in [2.24, 2.45) is 4.99 Å². The van der Waals surface area contributed by atoms with Crippen molar-refractivity contribution in [3.8, 4) is 0 Å². The van der Waals surface area contributed by atoms with Crippen LogP contribution in [0, 0.1) is 10.8 Å². The van der Waals surface area contributed by atoms with E-state index >= 15 is 0 Å². The van der Waals surface area contributed by atoms with Crippen molar-refractivity contribution in [2.45, 2.75) is 32.1 Å². The van der Waals surface area contributed by atoms with Crippen LogP contribution in [0.3, 0.4) is 0 Å². The van der Waals surface area contributed by atoms with Crippen molar-refractivity contribution in [3.63, 3.8) is 0 Å². The van der Waals surface area contributed by atoms with E-state index in [4.69, 9.17) is 10.8 Å². The van der Waals surface area contributed by atoms with Gasteiger partial charge in [-0.2, -0.15) is 0 Å². The molecular formula is C23H32N6O3S. The number of carbonyl (C=O) groups excluding carboxylic acids is 3. The van der Waals surface area contributed by atoms with Crippen molar-refractivity contribution >= 4 is 46.6 Å². The summed E-state index contributed by atoms with van der Waals surface area (Å²) in [6, 6.07) is 8.93. The van der Waals surface area contributed by atoms with Gasteiger partial charge in [-0.25, -0.2) is 0 Å². The Bertz CT molecular complexity index is 901. The maximum atomic E-state index is 12.9. The molecule has 0 fully saturated rings. The smallest absolute Gasteiger partial charge is 0.293 e. The molecule has 178 valence electrons. The Morgan fingerprint density at radius 2 is 1.85 bits per heavy atom. The number of thioether (sulfide) groups is 1. The Morgan fingerprint density at radius 1 is 1.18 bits per heavy atom. The fourth-order valence-electron chi connectivity index (χ4n) is 2.75. The second-order valence-electron chi connectivity index (χ2n) is 7.08. The van der Waals surface area contributed by atoms with Gasteiger partial charge < -0.3 is 26.4 Å². The third-order valence-electron chi connectivity index (χ3n) is 4.60. The number of nitrogens with one attached hydrogen (secondary N) is 4. The fourth-order valence-corrected chi connectivity index (χ4v) is 3.61. The number of carbonyl (C=O) groups is 3. The number of rotatable bonds is 13. The van der Waals surface area contributed by atoms with Gasteiger partial charge in [0.15, 0.2) is 11.6 Å². The van der Waals surface area contributed by atoms with E-state index < -0.39 is 17.9 Å². The third kappa shape index (κ3) is 9.40. The zero-order valence-electron chi connectivity index (χ0n) is 19.3. The van der Waals surface area contributed by atoms with E-state index in [1.807, 2.05) is 30.3 Å². The first kappa shape index (κ1) is 27.8. The summed E-state index contributed by atoms with van der Waals surface area (Å²) in [5.74, 6) is -0.252. The number of Topliss-reactive ketones (excluding diaryl/α,β-unsaturated/α-hetero) is 1. The molecular weight excluding hydrogens is 440 g/mol. The summed E-state index contributed by atoms with van der Waals surface area (Å²) in [6.07, 6.45) is 1.54. The SMILES string of the molecule is C=CN(C(=O)/C(=N\C)NCC(=N)C(C)=N)[C@@H](CC)C(=O)NCC(=O)CSCc1ccccc1. The number of hydrogen-bond acceptors (Lipinski definition) is 7. The van der Waals surface area contributed by atoms with Crippen molar-refractivity contribution in [1.82, 2.24) is 15.5 Å². The molecule has 0 spiro atoms. The molecule has 1 atom stereocenters. The number of amides is 2. The summed E-state index contributed by atoms with van der Waals surface area (Å²) in [5.41, 5.74) is 1.21. The molecule has 0 heterocycles. The van der Waals surface area contributed by atoms with Gasteiger partial charge in [0, 0.05) is 19.0 Å². The first-order chi connectivity index (χ1) is 15.7. The number of ketones is 1. The van der Waals surface area contributed by atoms with E-state index in [2.05, 4.69) is 22.2 Å². The number of nitrogens with zero attached hydrogens (tertiary/aromatic N) is 2. The first-order valence-corrected chi connectivity index (χ1v) is 11.6. The minimum Gasteiger partial charge on any atom is -0.360 e. The molecule has 0 unspecified atom stereocenters. The molecule has 9 nitrogen and oxygen atoms in total. The molecule has 0 saturated carbocycles. The van der Waals surface area contributed by atoms with Crippen LogP contribution in [-0.2, 0) is 20.1 Å². The molecule has 0 aromatic heterocycles. The molecule has 0 aliphatic rings. The van der Waals surface area contributed by atoms with Gasteiger partial charge in [0.05, 0.1) is 30.3 Å². The summed E-state index contributed by atoms with van der Waals surface area (Å²) in [5, 5.41) is 20.5. The largest absolute Gasteiger partial charge is 0.360 e. The van der Waals surface area contributed by atoms with Crippen LogP contribution in [0.2, 0.25) is 0 Å². The van der Waals surface area contributed by atoms with Crippen molar-refractivity contribution in [3.05, 3.63) is 48.7 Å². The maximum absolute atomic E-state index is 12.9. The fraction of sp³-hybridized carbons (Fsp3) is 0.391. The normalized spacial score (nSPS) is 11.8. The average molecular weight is 473 g/mol. The third-order valence-corrected chi connectivity index (χ3v) is 5.67. The quantitative estimate of drug-likeness (QED) is 0.257. The van der Waals surface area contributed by atoms with Crippen molar-refractivity contribution in [1.29, 1.82) is 10.8 Å². The van der Waals surface area contributed by atoms with Crippen LogP contribution in [0.5, 0.6) is 0 Å². The van der Waals surface area contributed by atoms with Gasteiger partial charge in [-0.05, 0) is 18.9 Å². The summed E-state index contributed by atoms with van der Waals surface area (Å²) in [4.78, 5) is 42.8. The minimum atomic E-state index is -0.873. The zero-order chi connectivity index (χ0) is 24.8. The highest BCUT2D eigenvalue weighted by atomic mass is 32.2. The van der Waals surface area contributed by atoms with Crippen molar-refractivity contribution < 1.29 is 14.4 Å². The van der Waals surface area contributed by atoms with Crippen LogP contribution in [0.25, 0.3) is 0 Å². The molecule has 4 N–H and O–H groups in total. The van der Waals surface area contributed by atoms with Gasteiger partial charge in [0.2, 0.25) is 5.91 Å². The second kappa shape index (κ2) is 14.7. The number of aliphatic imine (C=N–C) groups is 1. The minimum absolute atomic E-state index is 0.0162. The predicted molar refractivity (Wildman–Crippen MR) is 134 cm³/mol. The topological polar surface area (TPSA) is 139 Å². The Labute approximate surface area is 199 Å². The van der Waals surface area contributed by atoms with Gasteiger partial charge >= 0.3 is 0 Å². The monoisotopic (exact) mass is 472 g/mol. The Kier molecular flexibility index (Phi) is 12.4. The maximum Gasteiger partial charge on any atom is 0.293 e. The van der Waals surface area contributed by atoms with Crippen LogP contribution >= 0.6 is 11.8 Å². The molecule has 33 heavy (non-hydrogen) atoms. The van der Waals surface area contributed by atoms with Gasteiger partial charge in [-0.15, -0.1) is 11.8 Å². The van der Waals surface area contributed by atoms with E-state index in [0.717, 1.165) is 10.5 Å². The zero-order valence-corrected chi connectivity index (χ0v) is 20.1. The van der Waals surface area contributed by atoms with Crippen LogP contribution in [-0.4, -0.2) is 71.7 Å². The molecule has 1 aromatic carbocycles. The summed E-state index contributed by atoms with van der Waals surface area (Å²) in [6.45, 7) is 6.68. The Hall–Kier alpha value is -3.27. The lowest BCUT2D eigenvalue weighted by Crippen LogP contribution is -2.52. The highest BCUT2D eigenvalue weighted by Crippen LogP contribution is 2.11. The molecule has 2 amide bonds. The van der Waals surface area contributed by atoms with E-state index in [9.17, 15) is 14.4 Å². The summed E-state index contributed by atoms with van der Waals surface area (Å²) < 4.78 is 0. The van der Waals surface area contributed by atoms with E-state index in [1.54, 1.807) is 6.92 Å². The summed E-state index contributed by atoms with van der Waals surface area (Å²) in [7, 11) is 1.41. The van der Waals surface area contributed by atoms with Crippen LogP contribution in [0.4, 0.5) is 0 Å². The van der Waals surface area contributed by atoms with E-state index in [1.165, 1.54) is 31.9 Å². The molecule has 1 aromatic rings. The Balaban J connectivity index is 2.63. The van der Waals surface area contributed by atoms with Crippen LogP contribution in [0.15, 0.2) is 48.1 Å². The molecule has 10 heteroatoms. The molecule has 0 bridgehead atoms. The molecule has 0 saturated heterocycles. The van der Waals surface area contributed by atoms with Gasteiger partial charge in [-0.3, -0.25) is 19.4 Å². The van der Waals surface area contributed by atoms with Gasteiger partial charge in [0.1, 0.15) is 6.04 Å². The predicted octanol–water partition coefficient (Wildman–Crippen LogP) is 2.03. The number of hydrogen-bond donors (Lipinski definition) is 4. The lowest BCUT2D eigenvalue weighted by atomic mass is 10.1. The van der Waals surface area contributed by atoms with E-state index in [-0.39, 0.29) is 41.9 Å². The Morgan fingerprint density at radius 3 is 2.39 bits per heavy atom. The number of benzene rings is 1. The van der Waals surface area contributed by atoms with Crippen LogP contribution in [0.1, 0.15) is 25.8 Å². The lowest BCUT2D eigenvalue weighted by Gasteiger charge is -2.27. The molecule has 0 radical (unpaired) electrons.